The van der Waals surface area contributed by atoms with Crippen LogP contribution in [-0.2, 0) is 0 Å². The molecule has 0 aromatic heterocycles. The van der Waals surface area contributed by atoms with Gasteiger partial charge in [-0.3, -0.25) is 20.0 Å². The first-order valence-electron chi connectivity index (χ1n) is 16.1. The molecule has 0 aliphatic carbocycles. The van der Waals surface area contributed by atoms with Crippen molar-refractivity contribution in [3.8, 4) is 0 Å². The van der Waals surface area contributed by atoms with Gasteiger partial charge >= 0.3 is 162 Å². The molecule has 0 fully saturated rings. The van der Waals surface area contributed by atoms with Crippen LogP contribution in [0.2, 0.25) is 0 Å². The molecule has 0 unspecified atom stereocenters. The van der Waals surface area contributed by atoms with Gasteiger partial charge in [-0.15, -0.1) is 0 Å². The molecule has 0 heterocycles. The van der Waals surface area contributed by atoms with Crippen LogP contribution in [0, 0.1) is 0 Å². The molecule has 0 saturated heterocycles. The van der Waals surface area contributed by atoms with Crippen LogP contribution in [0.1, 0.15) is 35.1 Å². The average molecular weight is 921 g/mol. The van der Waals surface area contributed by atoms with Gasteiger partial charge in [-0.05, 0) is 23.6 Å². The van der Waals surface area contributed by atoms with E-state index in [-0.39, 0.29) is 162 Å². The summed E-state index contributed by atoms with van der Waals surface area (Å²) in [6, 6.07) is 36.7. The van der Waals surface area contributed by atoms with Crippen LogP contribution >= 0.6 is 48.9 Å². The van der Waals surface area contributed by atoms with Crippen LogP contribution in [0.3, 0.4) is 0 Å². The molecular weight excluding hydrogens is 885 g/mol. The third kappa shape index (κ3) is 21.6. The zero-order valence-electron chi connectivity index (χ0n) is 33.8. The Bertz CT molecular complexity index is 1740. The van der Waals surface area contributed by atoms with E-state index in [1.807, 2.05) is 121 Å². The van der Waals surface area contributed by atoms with Gasteiger partial charge in [0.25, 0.3) is 0 Å². The molecule has 12 nitrogen and oxygen atoms in total. The Hall–Kier alpha value is -0.407. The molecule has 4 rings (SSSR count). The van der Waals surface area contributed by atoms with Crippen LogP contribution in [-0.4, -0.2) is 91.8 Å². The van der Waals surface area contributed by atoms with E-state index in [0.29, 0.717) is 20.0 Å². The normalized spacial score (nSPS) is 11.0. The molecule has 0 spiro atoms. The molecule has 0 radical (unpaired) electrons. The SMILES string of the molecule is CN(/N=C(\[O-])C/C([O-])=N/N(C)C(=S)c1ccccc1)C(=S)c1ccccc1.CN(/N=C(\[O-])C/C([O-])=N/N(C)C(=S)c1ccccc1)C(=S)c1ccccc1.[K+].[K+].[Na+].[Na+]. The number of nitrogens with zero attached hydrogens (tertiary/aromatic N) is 8. The van der Waals surface area contributed by atoms with Crippen LogP contribution in [0.15, 0.2) is 142 Å². The van der Waals surface area contributed by atoms with Gasteiger partial charge in [0.2, 0.25) is 0 Å². The van der Waals surface area contributed by atoms with Crippen molar-refractivity contribution in [3.05, 3.63) is 144 Å². The number of hydrogen-bond donors (Lipinski definition) is 0. The summed E-state index contributed by atoms with van der Waals surface area (Å²) in [5, 5.41) is 68.5. The topological polar surface area (TPSA) is 155 Å². The third-order valence-electron chi connectivity index (χ3n) is 6.91. The first-order valence-corrected chi connectivity index (χ1v) is 17.7. The summed E-state index contributed by atoms with van der Waals surface area (Å²) in [7, 11) is 6.24. The van der Waals surface area contributed by atoms with E-state index in [9.17, 15) is 20.4 Å². The molecule has 0 amide bonds. The van der Waals surface area contributed by atoms with Gasteiger partial charge < -0.3 is 20.4 Å². The van der Waals surface area contributed by atoms with Crippen LogP contribution < -0.4 is 182 Å². The Morgan fingerprint density at radius 3 is 0.690 bits per heavy atom. The van der Waals surface area contributed by atoms with E-state index >= 15 is 0 Å². The molecule has 0 aliphatic rings. The summed E-state index contributed by atoms with van der Waals surface area (Å²) < 4.78 is 0. The van der Waals surface area contributed by atoms with Gasteiger partial charge in [-0.25, -0.2) is 0 Å². The zero-order chi connectivity index (χ0) is 39.6. The molecule has 0 bridgehead atoms. The van der Waals surface area contributed by atoms with Crippen LogP contribution in [0.25, 0.3) is 0 Å². The van der Waals surface area contributed by atoms with E-state index in [1.165, 1.54) is 20.0 Å². The number of hydrazone groups is 4. The molecule has 280 valence electrons. The molecular formula is C38H36K2N8Na2O4S4. The monoisotopic (exact) mass is 920 g/mol. The van der Waals surface area contributed by atoms with Crippen LogP contribution in [0.4, 0.5) is 0 Å². The molecule has 0 saturated carbocycles. The first-order chi connectivity index (χ1) is 25.8. The van der Waals surface area contributed by atoms with E-state index in [0.717, 1.165) is 22.3 Å². The fourth-order valence-electron chi connectivity index (χ4n) is 4.32. The van der Waals surface area contributed by atoms with Crippen molar-refractivity contribution >= 4 is 92.4 Å². The maximum absolute atomic E-state index is 12.0. The van der Waals surface area contributed by atoms with Gasteiger partial charge in [0, 0.05) is 63.3 Å². The minimum Gasteiger partial charge on any atom is -0.860 e. The Kier molecular flexibility index (Phi) is 33.2. The molecule has 4 aromatic rings. The number of hydrogen-bond acceptors (Lipinski definition) is 12. The second-order valence-electron chi connectivity index (χ2n) is 11.1. The minimum absolute atomic E-state index is 0. The summed E-state index contributed by atoms with van der Waals surface area (Å²) in [4.78, 5) is 1.54. The second kappa shape index (κ2) is 32.3. The number of rotatable bonds is 12. The molecule has 0 aliphatic heterocycles. The van der Waals surface area contributed by atoms with E-state index in [1.54, 1.807) is 28.2 Å². The zero-order valence-corrected chi connectivity index (χ0v) is 47.3. The Morgan fingerprint density at radius 1 is 0.379 bits per heavy atom. The van der Waals surface area contributed by atoms with Gasteiger partial charge in [-0.2, -0.15) is 20.4 Å². The van der Waals surface area contributed by atoms with Gasteiger partial charge in [0.15, 0.2) is 0 Å². The van der Waals surface area contributed by atoms with Gasteiger partial charge in [-0.1, -0.05) is 170 Å². The first kappa shape index (κ1) is 59.7. The Labute approximate surface area is 491 Å². The summed E-state index contributed by atoms with van der Waals surface area (Å²) in [6.45, 7) is 0. The predicted molar refractivity (Wildman–Crippen MR) is 223 cm³/mol. The summed E-state index contributed by atoms with van der Waals surface area (Å²) in [6.07, 6.45) is -0.938. The average Bonchev–Trinajstić information content (AvgIpc) is 3.17. The number of benzene rings is 4. The van der Waals surface area contributed by atoms with Crippen LogP contribution in [0.5, 0.6) is 0 Å². The minimum atomic E-state index is -0.636. The predicted octanol–water partition coefficient (Wildman–Crippen LogP) is -9.31. The van der Waals surface area contributed by atoms with Crippen molar-refractivity contribution in [3.63, 3.8) is 0 Å². The van der Waals surface area contributed by atoms with Crippen molar-refractivity contribution in [1.29, 1.82) is 0 Å². The van der Waals surface area contributed by atoms with Gasteiger partial charge in [0.1, 0.15) is 20.0 Å². The van der Waals surface area contributed by atoms with Crippen molar-refractivity contribution in [2.75, 3.05) is 28.2 Å². The largest absolute Gasteiger partial charge is 1.00 e. The maximum Gasteiger partial charge on any atom is 1.00 e. The Balaban J connectivity index is 0. The van der Waals surface area contributed by atoms with E-state index in [2.05, 4.69) is 20.4 Å². The van der Waals surface area contributed by atoms with Crippen molar-refractivity contribution in [2.45, 2.75) is 12.8 Å². The summed E-state index contributed by atoms with van der Waals surface area (Å²) in [5.74, 6) is -2.54. The number of thiocarbonyl (C=S) groups is 4. The van der Waals surface area contributed by atoms with Crippen molar-refractivity contribution in [2.24, 2.45) is 20.4 Å². The quantitative estimate of drug-likeness (QED) is 0.0436. The summed E-state index contributed by atoms with van der Waals surface area (Å²) >= 11 is 21.1. The molecule has 0 N–H and O–H groups in total. The van der Waals surface area contributed by atoms with E-state index < -0.39 is 36.4 Å². The maximum atomic E-state index is 12.0. The molecule has 58 heavy (non-hydrogen) atoms. The van der Waals surface area contributed by atoms with Crippen molar-refractivity contribution < 1.29 is 182 Å². The Morgan fingerprint density at radius 2 is 0.534 bits per heavy atom. The third-order valence-corrected chi connectivity index (χ3v) is 8.91. The second-order valence-corrected chi connectivity index (χ2v) is 12.7. The molecule has 4 aromatic carbocycles. The summed E-state index contributed by atoms with van der Waals surface area (Å²) in [5.41, 5.74) is 3.04. The van der Waals surface area contributed by atoms with Gasteiger partial charge in [0.05, 0.1) is 0 Å². The fraction of sp³-hybridized carbons (Fsp3) is 0.158. The standard InChI is InChI=1S/2C19H20N4O2S2.2K.2Na/c2*1-22(18(26)14-9-5-3-6-10-14)20-16(24)13-17(25)21-23(2)19(27)15-11-7-4-8-12-15;;;;/h2*3-12H,13H2,1-2H3,(H,20,24)(H,21,25);;;;/q;;4*+1/p-4. The fourth-order valence-corrected chi connectivity index (χ4v) is 5.03. The van der Waals surface area contributed by atoms with E-state index in [4.69, 9.17) is 48.9 Å². The van der Waals surface area contributed by atoms with Crippen molar-refractivity contribution in [1.82, 2.24) is 20.0 Å². The molecule has 20 heteroatoms. The molecule has 0 atom stereocenters. The smallest absolute Gasteiger partial charge is 0.860 e.